The number of carbonyl (C=O) groups is 3. The van der Waals surface area contributed by atoms with Gasteiger partial charge in [0.25, 0.3) is 5.91 Å². The summed E-state index contributed by atoms with van der Waals surface area (Å²) in [6.07, 6.45) is 2.08. The van der Waals surface area contributed by atoms with E-state index in [2.05, 4.69) is 10.1 Å². The minimum Gasteiger partial charge on any atom is -0.451 e. The smallest absolute Gasteiger partial charge is 0.355 e. The maximum Gasteiger partial charge on any atom is 0.355 e. The summed E-state index contributed by atoms with van der Waals surface area (Å²) in [7, 11) is 0. The van der Waals surface area contributed by atoms with Gasteiger partial charge in [0, 0.05) is 18.2 Å². The van der Waals surface area contributed by atoms with E-state index in [1.807, 2.05) is 30.3 Å². The molecule has 1 aliphatic rings. The van der Waals surface area contributed by atoms with Crippen molar-refractivity contribution in [1.82, 2.24) is 9.99 Å². The summed E-state index contributed by atoms with van der Waals surface area (Å²) in [5, 5.41) is 5.60. The number of Topliss-reactive ketones (excluding diaryl/α,β-unsaturated/α-hetero) is 1. The number of nitrogens with zero attached hydrogens (tertiary/aromatic N) is 2. The van der Waals surface area contributed by atoms with Crippen molar-refractivity contribution < 1.29 is 19.1 Å². The van der Waals surface area contributed by atoms with Crippen LogP contribution in [0, 0.1) is 0 Å². The molecule has 0 unspecified atom stereocenters. The van der Waals surface area contributed by atoms with Crippen molar-refractivity contribution >= 4 is 23.4 Å². The highest BCUT2D eigenvalue weighted by atomic mass is 16.5. The molecule has 7 heteroatoms. The highest BCUT2D eigenvalue weighted by Crippen LogP contribution is 2.14. The quantitative estimate of drug-likeness (QED) is 0.666. The Kier molecular flexibility index (Phi) is 4.74. The van der Waals surface area contributed by atoms with Crippen LogP contribution in [0.2, 0.25) is 0 Å². The number of ether oxygens (including phenoxy) is 1. The van der Waals surface area contributed by atoms with Gasteiger partial charge >= 0.3 is 5.97 Å². The standard InChI is InChI=1S/C18H17N3O4/c1-12(22)14-9-16(19-10-14)18(24)25-11-17(23)21-8-7-15(20-21)13-5-3-2-4-6-13/h2-6,9-10,19H,7-8,11H2,1H3. The fourth-order valence-electron chi connectivity index (χ4n) is 2.47. The van der Waals surface area contributed by atoms with Gasteiger partial charge in [0.05, 0.1) is 12.3 Å². The molecule has 25 heavy (non-hydrogen) atoms. The van der Waals surface area contributed by atoms with Gasteiger partial charge in [-0.05, 0) is 18.6 Å². The number of ketones is 1. The van der Waals surface area contributed by atoms with Gasteiger partial charge in [-0.1, -0.05) is 30.3 Å². The van der Waals surface area contributed by atoms with Crippen LogP contribution in [0.25, 0.3) is 0 Å². The number of hydrogen-bond acceptors (Lipinski definition) is 5. The van der Waals surface area contributed by atoms with Crippen molar-refractivity contribution in [1.29, 1.82) is 0 Å². The third-order valence-electron chi connectivity index (χ3n) is 3.83. The second kappa shape index (κ2) is 7.12. The van der Waals surface area contributed by atoms with E-state index in [4.69, 9.17) is 4.74 Å². The molecular weight excluding hydrogens is 322 g/mol. The van der Waals surface area contributed by atoms with Gasteiger partial charge in [-0.2, -0.15) is 5.10 Å². The summed E-state index contributed by atoms with van der Waals surface area (Å²) in [6, 6.07) is 11.0. The number of hydrogen-bond donors (Lipinski definition) is 1. The Hall–Kier alpha value is -3.22. The molecule has 1 N–H and O–H groups in total. The molecule has 2 aromatic rings. The fourth-order valence-corrected chi connectivity index (χ4v) is 2.47. The lowest BCUT2D eigenvalue weighted by Gasteiger charge is -2.11. The van der Waals surface area contributed by atoms with Crippen LogP contribution in [0.4, 0.5) is 0 Å². The van der Waals surface area contributed by atoms with Crippen LogP contribution < -0.4 is 0 Å². The SMILES string of the molecule is CC(=O)c1c[nH]c(C(=O)OCC(=O)N2CCC(c3ccccc3)=N2)c1. The second-order valence-electron chi connectivity index (χ2n) is 5.61. The average Bonchev–Trinajstić information content (AvgIpc) is 3.29. The maximum atomic E-state index is 12.1. The Bertz CT molecular complexity index is 839. The van der Waals surface area contributed by atoms with E-state index in [9.17, 15) is 14.4 Å². The molecule has 0 saturated heterocycles. The molecule has 7 nitrogen and oxygen atoms in total. The number of hydrazone groups is 1. The van der Waals surface area contributed by atoms with Crippen LogP contribution in [0.3, 0.4) is 0 Å². The number of amides is 1. The number of benzene rings is 1. The van der Waals surface area contributed by atoms with E-state index in [1.165, 1.54) is 24.2 Å². The van der Waals surface area contributed by atoms with E-state index in [0.29, 0.717) is 18.5 Å². The number of esters is 1. The van der Waals surface area contributed by atoms with E-state index >= 15 is 0 Å². The number of nitrogens with one attached hydrogen (secondary N) is 1. The first-order valence-corrected chi connectivity index (χ1v) is 7.84. The van der Waals surface area contributed by atoms with Gasteiger partial charge in [0.15, 0.2) is 12.4 Å². The highest BCUT2D eigenvalue weighted by Gasteiger charge is 2.23. The zero-order valence-electron chi connectivity index (χ0n) is 13.7. The molecule has 0 bridgehead atoms. The van der Waals surface area contributed by atoms with Gasteiger partial charge < -0.3 is 9.72 Å². The highest BCUT2D eigenvalue weighted by molar-refractivity contribution is 6.03. The molecule has 2 heterocycles. The van der Waals surface area contributed by atoms with E-state index in [1.54, 1.807) is 0 Å². The number of rotatable bonds is 5. The van der Waals surface area contributed by atoms with Gasteiger partial charge in [-0.25, -0.2) is 9.80 Å². The molecule has 0 spiro atoms. The van der Waals surface area contributed by atoms with Gasteiger partial charge in [0.1, 0.15) is 5.69 Å². The van der Waals surface area contributed by atoms with Crippen LogP contribution >= 0.6 is 0 Å². The lowest BCUT2D eigenvalue weighted by Crippen LogP contribution is -2.28. The van der Waals surface area contributed by atoms with E-state index in [-0.39, 0.29) is 11.5 Å². The van der Waals surface area contributed by atoms with Crippen molar-refractivity contribution in [3.05, 3.63) is 59.4 Å². The Morgan fingerprint density at radius 2 is 2.00 bits per heavy atom. The summed E-state index contributed by atoms with van der Waals surface area (Å²) in [4.78, 5) is 37.9. The molecule has 0 fully saturated rings. The molecule has 128 valence electrons. The summed E-state index contributed by atoms with van der Waals surface area (Å²) >= 11 is 0. The Balaban J connectivity index is 1.57. The molecule has 1 aliphatic heterocycles. The summed E-state index contributed by atoms with van der Waals surface area (Å²) in [6.45, 7) is 1.45. The van der Waals surface area contributed by atoms with Crippen LogP contribution in [0.1, 0.15) is 39.8 Å². The van der Waals surface area contributed by atoms with Crippen molar-refractivity contribution in [3.63, 3.8) is 0 Å². The predicted octanol–water partition coefficient (Wildman–Crippen LogP) is 2.01. The van der Waals surface area contributed by atoms with E-state index in [0.717, 1.165) is 11.3 Å². The van der Waals surface area contributed by atoms with Crippen molar-refractivity contribution in [3.8, 4) is 0 Å². The first-order chi connectivity index (χ1) is 12.0. The number of H-pyrrole nitrogens is 1. The summed E-state index contributed by atoms with van der Waals surface area (Å²) in [5.41, 5.74) is 2.32. The van der Waals surface area contributed by atoms with Crippen molar-refractivity contribution in [2.45, 2.75) is 13.3 Å². The molecule has 1 aromatic heterocycles. The molecule has 0 aliphatic carbocycles. The molecule has 0 saturated carbocycles. The third kappa shape index (κ3) is 3.82. The maximum absolute atomic E-state index is 12.1. The van der Waals surface area contributed by atoms with Crippen LogP contribution in [-0.4, -0.2) is 46.5 Å². The van der Waals surface area contributed by atoms with Crippen molar-refractivity contribution in [2.75, 3.05) is 13.2 Å². The normalized spacial score (nSPS) is 13.5. The monoisotopic (exact) mass is 339 g/mol. The zero-order chi connectivity index (χ0) is 17.8. The average molecular weight is 339 g/mol. The first kappa shape index (κ1) is 16.6. The summed E-state index contributed by atoms with van der Waals surface area (Å²) in [5.74, 6) is -1.24. The molecule has 0 atom stereocenters. The first-order valence-electron chi connectivity index (χ1n) is 7.84. The van der Waals surface area contributed by atoms with Crippen LogP contribution in [0.15, 0.2) is 47.7 Å². The van der Waals surface area contributed by atoms with Gasteiger partial charge in [0.2, 0.25) is 0 Å². The number of aromatic nitrogens is 1. The molecule has 1 aromatic carbocycles. The van der Waals surface area contributed by atoms with Gasteiger partial charge in [-0.3, -0.25) is 9.59 Å². The summed E-state index contributed by atoms with van der Waals surface area (Å²) < 4.78 is 4.99. The topological polar surface area (TPSA) is 91.8 Å². The molecular formula is C18H17N3O4. The molecule has 3 rings (SSSR count). The Morgan fingerprint density at radius 1 is 1.24 bits per heavy atom. The second-order valence-corrected chi connectivity index (χ2v) is 5.61. The van der Waals surface area contributed by atoms with E-state index < -0.39 is 18.5 Å². The lowest BCUT2D eigenvalue weighted by atomic mass is 10.1. The fraction of sp³-hybridized carbons (Fsp3) is 0.222. The third-order valence-corrected chi connectivity index (χ3v) is 3.83. The molecule has 1 amide bonds. The predicted molar refractivity (Wildman–Crippen MR) is 90.4 cm³/mol. The largest absolute Gasteiger partial charge is 0.451 e. The molecule has 0 radical (unpaired) electrons. The zero-order valence-corrected chi connectivity index (χ0v) is 13.7. The van der Waals surface area contributed by atoms with Gasteiger partial charge in [-0.15, -0.1) is 0 Å². The van der Waals surface area contributed by atoms with Crippen molar-refractivity contribution in [2.24, 2.45) is 5.10 Å². The lowest BCUT2D eigenvalue weighted by molar-refractivity contribution is -0.134. The Labute approximate surface area is 144 Å². The Morgan fingerprint density at radius 3 is 2.68 bits per heavy atom. The van der Waals surface area contributed by atoms with Crippen LogP contribution in [0.5, 0.6) is 0 Å². The minimum absolute atomic E-state index is 0.132. The number of aromatic amines is 1. The van der Waals surface area contributed by atoms with Crippen LogP contribution in [-0.2, 0) is 9.53 Å². The number of carbonyl (C=O) groups excluding carboxylic acids is 3. The minimum atomic E-state index is -0.688.